The molecule has 0 N–H and O–H groups in total. The fourth-order valence-corrected chi connectivity index (χ4v) is 1.60. The van der Waals surface area contributed by atoms with E-state index >= 15 is 0 Å². The minimum absolute atomic E-state index is 0.949. The summed E-state index contributed by atoms with van der Waals surface area (Å²) in [4.78, 5) is 0. The highest BCUT2D eigenvalue weighted by atomic mass is 15.3. The van der Waals surface area contributed by atoms with Gasteiger partial charge in [-0.1, -0.05) is 6.92 Å². The predicted molar refractivity (Wildman–Crippen MR) is 54.8 cm³/mol. The first kappa shape index (κ1) is 8.99. The minimum atomic E-state index is 0.949. The van der Waals surface area contributed by atoms with Crippen molar-refractivity contribution in [2.75, 3.05) is 0 Å². The third kappa shape index (κ3) is 1.43. The second-order valence-electron chi connectivity index (χ2n) is 3.42. The molecule has 2 rings (SSSR count). The van der Waals surface area contributed by atoms with Gasteiger partial charge < -0.3 is 0 Å². The Morgan fingerprint density at radius 1 is 1.21 bits per heavy atom. The van der Waals surface area contributed by atoms with Crippen LogP contribution in [0.15, 0.2) is 18.6 Å². The Kier molecular flexibility index (Phi) is 2.11. The molecule has 0 spiro atoms. The average molecular weight is 190 g/mol. The van der Waals surface area contributed by atoms with Gasteiger partial charge in [-0.2, -0.15) is 10.2 Å². The standard InChI is InChI=1S/C10H14N4/c1-4-10-9(7-14(3)12-10)8-5-11-13(2)6-8/h5-7H,4H2,1-3H3. The van der Waals surface area contributed by atoms with Crippen molar-refractivity contribution in [3.63, 3.8) is 0 Å². The van der Waals surface area contributed by atoms with Crippen LogP contribution in [0.1, 0.15) is 12.6 Å². The van der Waals surface area contributed by atoms with Crippen LogP contribution < -0.4 is 0 Å². The normalized spacial score (nSPS) is 10.8. The Balaban J connectivity index is 2.49. The van der Waals surface area contributed by atoms with Crippen molar-refractivity contribution >= 4 is 0 Å². The third-order valence-corrected chi connectivity index (χ3v) is 2.26. The number of rotatable bonds is 2. The van der Waals surface area contributed by atoms with Crippen LogP contribution in [0.5, 0.6) is 0 Å². The zero-order valence-corrected chi connectivity index (χ0v) is 8.73. The summed E-state index contributed by atoms with van der Waals surface area (Å²) in [5, 5.41) is 8.55. The van der Waals surface area contributed by atoms with Gasteiger partial charge in [0.15, 0.2) is 0 Å². The van der Waals surface area contributed by atoms with Crippen LogP contribution in [0.25, 0.3) is 11.1 Å². The summed E-state index contributed by atoms with van der Waals surface area (Å²) >= 11 is 0. The number of hydrogen-bond donors (Lipinski definition) is 0. The lowest BCUT2D eigenvalue weighted by molar-refractivity contribution is 0.746. The molecule has 0 aliphatic carbocycles. The molecular weight excluding hydrogens is 176 g/mol. The molecule has 0 saturated heterocycles. The van der Waals surface area contributed by atoms with Crippen molar-refractivity contribution < 1.29 is 0 Å². The largest absolute Gasteiger partial charge is 0.275 e. The lowest BCUT2D eigenvalue weighted by Gasteiger charge is -1.93. The number of aryl methyl sites for hydroxylation is 3. The Bertz CT molecular complexity index is 439. The second-order valence-corrected chi connectivity index (χ2v) is 3.42. The lowest BCUT2D eigenvalue weighted by Crippen LogP contribution is -1.89. The Labute approximate surface area is 83.2 Å². The molecule has 0 atom stereocenters. The smallest absolute Gasteiger partial charge is 0.0701 e. The SMILES string of the molecule is CCc1nn(C)cc1-c1cnn(C)c1. The van der Waals surface area contributed by atoms with Gasteiger partial charge in [0.1, 0.15) is 0 Å². The molecule has 0 unspecified atom stereocenters. The van der Waals surface area contributed by atoms with Crippen molar-refractivity contribution in [1.29, 1.82) is 0 Å². The fourth-order valence-electron chi connectivity index (χ4n) is 1.60. The van der Waals surface area contributed by atoms with Crippen LogP contribution in [-0.4, -0.2) is 19.6 Å². The highest BCUT2D eigenvalue weighted by Crippen LogP contribution is 2.21. The van der Waals surface area contributed by atoms with Gasteiger partial charge >= 0.3 is 0 Å². The first-order valence-corrected chi connectivity index (χ1v) is 4.72. The molecule has 4 nitrogen and oxygen atoms in total. The van der Waals surface area contributed by atoms with Crippen LogP contribution in [0.3, 0.4) is 0 Å². The quantitative estimate of drug-likeness (QED) is 0.717. The van der Waals surface area contributed by atoms with Crippen molar-refractivity contribution in [3.8, 4) is 11.1 Å². The molecule has 0 saturated carbocycles. The summed E-state index contributed by atoms with van der Waals surface area (Å²) in [6.45, 7) is 2.11. The molecule has 0 fully saturated rings. The van der Waals surface area contributed by atoms with Crippen LogP contribution in [-0.2, 0) is 20.5 Å². The van der Waals surface area contributed by atoms with Crippen molar-refractivity contribution in [3.05, 3.63) is 24.3 Å². The highest BCUT2D eigenvalue weighted by molar-refractivity contribution is 5.63. The van der Waals surface area contributed by atoms with Gasteiger partial charge in [-0.25, -0.2) is 0 Å². The molecular formula is C10H14N4. The fraction of sp³-hybridized carbons (Fsp3) is 0.400. The topological polar surface area (TPSA) is 35.6 Å². The number of hydrogen-bond acceptors (Lipinski definition) is 2. The molecule has 0 bridgehead atoms. The van der Waals surface area contributed by atoms with Gasteiger partial charge in [0.2, 0.25) is 0 Å². The maximum Gasteiger partial charge on any atom is 0.0701 e. The van der Waals surface area contributed by atoms with E-state index in [2.05, 4.69) is 17.1 Å². The molecule has 0 radical (unpaired) electrons. The van der Waals surface area contributed by atoms with Gasteiger partial charge in [-0.3, -0.25) is 9.36 Å². The maximum absolute atomic E-state index is 4.39. The van der Waals surface area contributed by atoms with E-state index in [1.165, 1.54) is 5.56 Å². The van der Waals surface area contributed by atoms with Crippen molar-refractivity contribution in [1.82, 2.24) is 19.6 Å². The first-order valence-electron chi connectivity index (χ1n) is 4.72. The van der Waals surface area contributed by atoms with E-state index in [1.807, 2.05) is 42.0 Å². The minimum Gasteiger partial charge on any atom is -0.275 e. The summed E-state index contributed by atoms with van der Waals surface area (Å²) in [7, 11) is 3.87. The second kappa shape index (κ2) is 3.29. The van der Waals surface area contributed by atoms with E-state index in [9.17, 15) is 0 Å². The predicted octanol–water partition coefficient (Wildman–Crippen LogP) is 1.38. The summed E-state index contributed by atoms with van der Waals surface area (Å²) in [6, 6.07) is 0. The molecule has 4 heteroatoms. The first-order chi connectivity index (χ1) is 6.70. The van der Waals surface area contributed by atoms with Crippen LogP contribution >= 0.6 is 0 Å². The van der Waals surface area contributed by atoms with Gasteiger partial charge in [-0.15, -0.1) is 0 Å². The molecule has 0 aliphatic heterocycles. The lowest BCUT2D eigenvalue weighted by atomic mass is 10.1. The van der Waals surface area contributed by atoms with Crippen LogP contribution in [0.2, 0.25) is 0 Å². The number of nitrogens with zero attached hydrogens (tertiary/aromatic N) is 4. The third-order valence-electron chi connectivity index (χ3n) is 2.26. The molecule has 2 aromatic heterocycles. The van der Waals surface area contributed by atoms with E-state index in [0.717, 1.165) is 17.7 Å². The van der Waals surface area contributed by atoms with Gasteiger partial charge in [0, 0.05) is 37.6 Å². The van der Waals surface area contributed by atoms with Crippen molar-refractivity contribution in [2.24, 2.45) is 14.1 Å². The van der Waals surface area contributed by atoms with Crippen LogP contribution in [0.4, 0.5) is 0 Å². The molecule has 14 heavy (non-hydrogen) atoms. The molecule has 2 heterocycles. The summed E-state index contributed by atoms with van der Waals surface area (Å²) in [5.74, 6) is 0. The maximum atomic E-state index is 4.39. The van der Waals surface area contributed by atoms with E-state index in [1.54, 1.807) is 0 Å². The van der Waals surface area contributed by atoms with Crippen LogP contribution in [0, 0.1) is 0 Å². The summed E-state index contributed by atoms with van der Waals surface area (Å²) in [5.41, 5.74) is 3.45. The summed E-state index contributed by atoms with van der Waals surface area (Å²) in [6.07, 6.45) is 6.87. The zero-order chi connectivity index (χ0) is 10.1. The molecule has 0 amide bonds. The van der Waals surface area contributed by atoms with Crippen molar-refractivity contribution in [2.45, 2.75) is 13.3 Å². The zero-order valence-electron chi connectivity index (χ0n) is 8.73. The molecule has 74 valence electrons. The average Bonchev–Trinajstić information content (AvgIpc) is 2.71. The Morgan fingerprint density at radius 2 is 2.00 bits per heavy atom. The molecule has 0 aromatic carbocycles. The van der Waals surface area contributed by atoms with E-state index in [0.29, 0.717) is 0 Å². The highest BCUT2D eigenvalue weighted by Gasteiger charge is 2.09. The van der Waals surface area contributed by atoms with Gasteiger partial charge in [0.25, 0.3) is 0 Å². The van der Waals surface area contributed by atoms with E-state index in [-0.39, 0.29) is 0 Å². The van der Waals surface area contributed by atoms with Gasteiger partial charge in [-0.05, 0) is 6.42 Å². The van der Waals surface area contributed by atoms with Gasteiger partial charge in [0.05, 0.1) is 11.9 Å². The monoisotopic (exact) mass is 190 g/mol. The Morgan fingerprint density at radius 3 is 2.57 bits per heavy atom. The summed E-state index contributed by atoms with van der Waals surface area (Å²) < 4.78 is 3.66. The number of aromatic nitrogens is 4. The molecule has 0 aliphatic rings. The van der Waals surface area contributed by atoms with E-state index in [4.69, 9.17) is 0 Å². The van der Waals surface area contributed by atoms with E-state index < -0.39 is 0 Å². The molecule has 2 aromatic rings. The Hall–Kier alpha value is -1.58.